The maximum absolute atomic E-state index is 5.66. The molecule has 1 heterocycles. The first kappa shape index (κ1) is 10.3. The van der Waals surface area contributed by atoms with Crippen LogP contribution in [-0.4, -0.2) is 19.8 Å². The van der Waals surface area contributed by atoms with Crippen molar-refractivity contribution in [1.29, 1.82) is 0 Å². The maximum Gasteiger partial charge on any atom is 0.164 e. The molecular weight excluding hydrogens is 190 g/mol. The molecule has 0 aromatic heterocycles. The molecule has 3 nitrogen and oxygen atoms in total. The van der Waals surface area contributed by atoms with Crippen LogP contribution in [0.15, 0.2) is 6.07 Å². The highest BCUT2D eigenvalue weighted by Crippen LogP contribution is 2.38. The van der Waals surface area contributed by atoms with E-state index >= 15 is 0 Å². The number of benzene rings is 1. The SMILES string of the molecule is Cc1cc(CCN)c2c(c1C)OCCO2. The molecule has 1 aliphatic heterocycles. The summed E-state index contributed by atoms with van der Waals surface area (Å²) >= 11 is 0. The number of hydrogen-bond acceptors (Lipinski definition) is 3. The van der Waals surface area contributed by atoms with E-state index in [2.05, 4.69) is 19.9 Å². The second kappa shape index (κ2) is 4.11. The molecule has 0 amide bonds. The molecule has 0 saturated carbocycles. The lowest BCUT2D eigenvalue weighted by atomic mass is 10.0. The quantitative estimate of drug-likeness (QED) is 0.800. The molecule has 1 aromatic rings. The molecule has 0 aliphatic carbocycles. The van der Waals surface area contributed by atoms with E-state index in [-0.39, 0.29) is 0 Å². The Bertz CT molecular complexity index is 374. The molecule has 2 N–H and O–H groups in total. The zero-order chi connectivity index (χ0) is 10.8. The fraction of sp³-hybridized carbons (Fsp3) is 0.500. The van der Waals surface area contributed by atoms with Gasteiger partial charge in [-0.25, -0.2) is 0 Å². The molecule has 2 rings (SSSR count). The highest BCUT2D eigenvalue weighted by molar-refractivity contribution is 5.55. The predicted molar refractivity (Wildman–Crippen MR) is 59.7 cm³/mol. The highest BCUT2D eigenvalue weighted by Gasteiger charge is 2.19. The van der Waals surface area contributed by atoms with Gasteiger partial charge in [0.05, 0.1) is 0 Å². The van der Waals surface area contributed by atoms with Crippen LogP contribution in [0.25, 0.3) is 0 Å². The van der Waals surface area contributed by atoms with Gasteiger partial charge in [-0.15, -0.1) is 0 Å². The van der Waals surface area contributed by atoms with Gasteiger partial charge in [-0.2, -0.15) is 0 Å². The number of rotatable bonds is 2. The van der Waals surface area contributed by atoms with Gasteiger partial charge in [-0.05, 0) is 43.5 Å². The van der Waals surface area contributed by atoms with Crippen LogP contribution in [0.4, 0.5) is 0 Å². The summed E-state index contributed by atoms with van der Waals surface area (Å²) in [5.41, 5.74) is 9.16. The van der Waals surface area contributed by atoms with Crippen LogP contribution >= 0.6 is 0 Å². The van der Waals surface area contributed by atoms with Crippen LogP contribution < -0.4 is 15.2 Å². The number of fused-ring (bicyclic) bond motifs is 1. The Balaban J connectivity index is 2.51. The van der Waals surface area contributed by atoms with Crippen molar-refractivity contribution in [1.82, 2.24) is 0 Å². The van der Waals surface area contributed by atoms with Gasteiger partial charge in [0.2, 0.25) is 0 Å². The van der Waals surface area contributed by atoms with E-state index in [1.54, 1.807) is 0 Å². The van der Waals surface area contributed by atoms with Crippen molar-refractivity contribution >= 4 is 0 Å². The minimum absolute atomic E-state index is 0.632. The Morgan fingerprint density at radius 3 is 2.53 bits per heavy atom. The monoisotopic (exact) mass is 207 g/mol. The lowest BCUT2D eigenvalue weighted by molar-refractivity contribution is 0.168. The highest BCUT2D eigenvalue weighted by atomic mass is 16.6. The van der Waals surface area contributed by atoms with Crippen molar-refractivity contribution in [3.05, 3.63) is 22.8 Å². The topological polar surface area (TPSA) is 44.5 Å². The van der Waals surface area contributed by atoms with Crippen LogP contribution in [-0.2, 0) is 6.42 Å². The summed E-state index contributed by atoms with van der Waals surface area (Å²) in [6.07, 6.45) is 0.840. The van der Waals surface area contributed by atoms with Gasteiger partial charge >= 0.3 is 0 Å². The molecule has 15 heavy (non-hydrogen) atoms. The van der Waals surface area contributed by atoms with Crippen molar-refractivity contribution in [3.8, 4) is 11.5 Å². The maximum atomic E-state index is 5.66. The van der Waals surface area contributed by atoms with Crippen LogP contribution in [0.2, 0.25) is 0 Å². The Morgan fingerprint density at radius 2 is 1.87 bits per heavy atom. The van der Waals surface area contributed by atoms with Crippen molar-refractivity contribution in [2.45, 2.75) is 20.3 Å². The molecule has 3 heteroatoms. The Hall–Kier alpha value is -1.22. The van der Waals surface area contributed by atoms with E-state index in [1.807, 2.05) is 0 Å². The van der Waals surface area contributed by atoms with Crippen molar-refractivity contribution in [3.63, 3.8) is 0 Å². The van der Waals surface area contributed by atoms with Gasteiger partial charge < -0.3 is 15.2 Å². The van der Waals surface area contributed by atoms with Gasteiger partial charge in [0.25, 0.3) is 0 Å². The largest absolute Gasteiger partial charge is 0.486 e. The van der Waals surface area contributed by atoms with Gasteiger partial charge in [0, 0.05) is 0 Å². The summed E-state index contributed by atoms with van der Waals surface area (Å²) in [6.45, 7) is 6.06. The number of aryl methyl sites for hydroxylation is 1. The molecule has 0 unspecified atom stereocenters. The molecule has 0 atom stereocenters. The smallest absolute Gasteiger partial charge is 0.164 e. The first-order chi connectivity index (χ1) is 7.24. The van der Waals surface area contributed by atoms with Crippen LogP contribution in [0.5, 0.6) is 11.5 Å². The van der Waals surface area contributed by atoms with E-state index in [4.69, 9.17) is 15.2 Å². The molecule has 0 spiro atoms. The summed E-state index contributed by atoms with van der Waals surface area (Å²) in [5.74, 6) is 1.81. The number of hydrogen-bond donors (Lipinski definition) is 1. The summed E-state index contributed by atoms with van der Waals surface area (Å²) in [6, 6.07) is 2.15. The molecule has 0 fully saturated rings. The van der Waals surface area contributed by atoms with Crippen LogP contribution in [0.1, 0.15) is 16.7 Å². The molecule has 82 valence electrons. The summed E-state index contributed by atoms with van der Waals surface area (Å²) in [4.78, 5) is 0. The van der Waals surface area contributed by atoms with E-state index in [0.717, 1.165) is 23.5 Å². The number of nitrogens with two attached hydrogens (primary N) is 1. The fourth-order valence-corrected chi connectivity index (χ4v) is 1.89. The molecule has 1 aromatic carbocycles. The lowest BCUT2D eigenvalue weighted by Crippen LogP contribution is -2.18. The van der Waals surface area contributed by atoms with Crippen LogP contribution in [0, 0.1) is 13.8 Å². The zero-order valence-corrected chi connectivity index (χ0v) is 9.30. The standard InChI is InChI=1S/C12H17NO2/c1-8-7-10(3-4-13)12-11(9(8)2)14-5-6-15-12/h7H,3-6,13H2,1-2H3. The third kappa shape index (κ3) is 1.79. The van der Waals surface area contributed by atoms with Crippen molar-refractivity contribution < 1.29 is 9.47 Å². The molecule has 0 radical (unpaired) electrons. The average molecular weight is 207 g/mol. The lowest BCUT2D eigenvalue weighted by Gasteiger charge is -2.24. The van der Waals surface area contributed by atoms with Gasteiger partial charge in [0.1, 0.15) is 13.2 Å². The molecule has 0 saturated heterocycles. The van der Waals surface area contributed by atoms with Crippen LogP contribution in [0.3, 0.4) is 0 Å². The summed E-state index contributed by atoms with van der Waals surface area (Å²) < 4.78 is 11.3. The van der Waals surface area contributed by atoms with Crippen molar-refractivity contribution in [2.24, 2.45) is 5.73 Å². The van der Waals surface area contributed by atoms with Crippen molar-refractivity contribution in [2.75, 3.05) is 19.8 Å². The molecular formula is C12H17NO2. The third-order valence-electron chi connectivity index (χ3n) is 2.81. The first-order valence-electron chi connectivity index (χ1n) is 5.32. The van der Waals surface area contributed by atoms with E-state index in [9.17, 15) is 0 Å². The second-order valence-electron chi connectivity index (χ2n) is 3.87. The summed E-state index contributed by atoms with van der Waals surface area (Å²) in [5, 5.41) is 0. The minimum Gasteiger partial charge on any atom is -0.486 e. The van der Waals surface area contributed by atoms with Gasteiger partial charge in [-0.1, -0.05) is 6.07 Å². The fourth-order valence-electron chi connectivity index (χ4n) is 1.89. The minimum atomic E-state index is 0.632. The van der Waals surface area contributed by atoms with E-state index in [1.165, 1.54) is 11.1 Å². The average Bonchev–Trinajstić information content (AvgIpc) is 2.26. The second-order valence-corrected chi connectivity index (χ2v) is 3.87. The van der Waals surface area contributed by atoms with Gasteiger partial charge in [-0.3, -0.25) is 0 Å². The first-order valence-corrected chi connectivity index (χ1v) is 5.32. The molecule has 1 aliphatic rings. The Kier molecular flexibility index (Phi) is 2.82. The Morgan fingerprint density at radius 1 is 1.20 bits per heavy atom. The summed E-state index contributed by atoms with van der Waals surface area (Å²) in [7, 11) is 0. The third-order valence-corrected chi connectivity index (χ3v) is 2.81. The van der Waals surface area contributed by atoms with Gasteiger partial charge in [0.15, 0.2) is 11.5 Å². The van der Waals surface area contributed by atoms with E-state index in [0.29, 0.717) is 19.8 Å². The molecule has 0 bridgehead atoms. The predicted octanol–water partition coefficient (Wildman–Crippen LogP) is 1.58. The Labute approximate surface area is 90.2 Å². The number of ether oxygens (including phenoxy) is 2. The van der Waals surface area contributed by atoms with E-state index < -0.39 is 0 Å². The zero-order valence-electron chi connectivity index (χ0n) is 9.30. The normalized spacial score (nSPS) is 14.1.